The summed E-state index contributed by atoms with van der Waals surface area (Å²) in [6.45, 7) is 12.9. The van der Waals surface area contributed by atoms with E-state index in [-0.39, 0.29) is 11.4 Å². The van der Waals surface area contributed by atoms with Gasteiger partial charge in [0.1, 0.15) is 5.71 Å². The molecule has 1 aliphatic rings. The van der Waals surface area contributed by atoms with Crippen LogP contribution < -0.4 is 4.90 Å². The summed E-state index contributed by atoms with van der Waals surface area (Å²) >= 11 is 0. The van der Waals surface area contributed by atoms with Crippen LogP contribution >= 0.6 is 0 Å². The zero-order valence-corrected chi connectivity index (χ0v) is 22.5. The first-order valence-corrected chi connectivity index (χ1v) is 13.7. The third kappa shape index (κ3) is 9.64. The molecule has 4 heteroatoms. The smallest absolute Gasteiger partial charge is 0.367 e. The molecule has 0 radical (unpaired) electrons. The van der Waals surface area contributed by atoms with Gasteiger partial charge in [-0.25, -0.2) is 4.79 Å². The van der Waals surface area contributed by atoms with E-state index in [1.807, 2.05) is 26.8 Å². The number of nitrogens with zero attached hydrogens (tertiary/aromatic N) is 2. The van der Waals surface area contributed by atoms with Crippen LogP contribution in [0.2, 0.25) is 0 Å². The Morgan fingerprint density at radius 3 is 1.79 bits per heavy atom. The van der Waals surface area contributed by atoms with E-state index >= 15 is 0 Å². The number of unbranched alkanes of at least 4 members (excludes halogenated alkanes) is 10. The lowest BCUT2D eigenvalue weighted by molar-refractivity contribution is -0.136. The molecule has 0 unspecified atom stereocenters. The second kappa shape index (κ2) is 15.0. The van der Waals surface area contributed by atoms with E-state index < -0.39 is 0 Å². The maximum Gasteiger partial charge on any atom is 0.367 e. The zero-order valence-electron chi connectivity index (χ0n) is 22.5. The van der Waals surface area contributed by atoms with Crippen LogP contribution in [0.5, 0.6) is 0 Å². The second-order valence-corrected chi connectivity index (χ2v) is 10.7. The van der Waals surface area contributed by atoms with Gasteiger partial charge in [-0.2, -0.15) is 0 Å². The van der Waals surface area contributed by atoms with Crippen LogP contribution in [0.3, 0.4) is 0 Å². The highest BCUT2D eigenvalue weighted by Gasteiger charge is 2.33. The highest BCUT2D eigenvalue weighted by atomic mass is 16.7. The molecule has 190 valence electrons. The van der Waals surface area contributed by atoms with Crippen molar-refractivity contribution in [2.75, 3.05) is 18.0 Å². The molecule has 2 rings (SSSR count). The average Bonchev–Trinajstić information content (AvgIpc) is 3.18. The number of oxime groups is 1. The molecule has 0 saturated heterocycles. The molecule has 0 atom stereocenters. The van der Waals surface area contributed by atoms with Crippen molar-refractivity contribution in [1.82, 2.24) is 0 Å². The number of carbonyl (C=O) groups is 1. The molecule has 0 amide bonds. The summed E-state index contributed by atoms with van der Waals surface area (Å²) in [7, 11) is 0. The highest BCUT2D eigenvalue weighted by Crippen LogP contribution is 2.28. The summed E-state index contributed by atoms with van der Waals surface area (Å²) in [5.74, 6) is -0.359. The summed E-state index contributed by atoms with van der Waals surface area (Å²) in [5, 5.41) is 4.02. The molecule has 1 aromatic carbocycles. The number of rotatable bonds is 16. The quantitative estimate of drug-likeness (QED) is 0.139. The third-order valence-electron chi connectivity index (χ3n) is 6.54. The summed E-state index contributed by atoms with van der Waals surface area (Å²) < 4.78 is 0. The predicted molar refractivity (Wildman–Crippen MR) is 146 cm³/mol. The van der Waals surface area contributed by atoms with Gasteiger partial charge in [0.05, 0.1) is 5.57 Å². The largest absolute Gasteiger partial charge is 0.372 e. The number of carbonyl (C=O) groups excluding carboxylic acids is 1. The minimum atomic E-state index is -0.359. The summed E-state index contributed by atoms with van der Waals surface area (Å²) in [6, 6.07) is 8.64. The van der Waals surface area contributed by atoms with Crippen molar-refractivity contribution in [2.45, 2.75) is 112 Å². The lowest BCUT2D eigenvalue weighted by atomic mass is 9.85. The van der Waals surface area contributed by atoms with Crippen molar-refractivity contribution < 1.29 is 9.63 Å². The number of benzene rings is 1. The molecule has 1 aliphatic heterocycles. The van der Waals surface area contributed by atoms with Crippen LogP contribution in [0.25, 0.3) is 6.08 Å². The van der Waals surface area contributed by atoms with E-state index in [1.54, 1.807) is 0 Å². The van der Waals surface area contributed by atoms with Gasteiger partial charge in [0.15, 0.2) is 0 Å². The molecule has 0 bridgehead atoms. The minimum Gasteiger partial charge on any atom is -0.372 e. The molecule has 1 heterocycles. The molecule has 0 aliphatic carbocycles. The van der Waals surface area contributed by atoms with E-state index in [4.69, 9.17) is 4.84 Å². The van der Waals surface area contributed by atoms with Crippen molar-refractivity contribution in [3.8, 4) is 0 Å². The van der Waals surface area contributed by atoms with E-state index in [2.05, 4.69) is 48.2 Å². The van der Waals surface area contributed by atoms with E-state index in [1.165, 1.54) is 82.7 Å². The van der Waals surface area contributed by atoms with Gasteiger partial charge in [0.2, 0.25) is 0 Å². The lowest BCUT2D eigenvalue weighted by Gasteiger charge is -2.25. The third-order valence-corrected chi connectivity index (χ3v) is 6.54. The van der Waals surface area contributed by atoms with Gasteiger partial charge < -0.3 is 9.74 Å². The van der Waals surface area contributed by atoms with Gasteiger partial charge in [-0.3, -0.25) is 0 Å². The monoisotopic (exact) mass is 468 g/mol. The first-order chi connectivity index (χ1) is 16.4. The van der Waals surface area contributed by atoms with Crippen molar-refractivity contribution in [3.05, 3.63) is 35.4 Å². The highest BCUT2D eigenvalue weighted by molar-refractivity contribution is 6.26. The van der Waals surface area contributed by atoms with Gasteiger partial charge in [0, 0.05) is 24.2 Å². The molecule has 0 N–H and O–H groups in total. The number of hydrogen-bond donors (Lipinski definition) is 0. The van der Waals surface area contributed by atoms with E-state index in [9.17, 15) is 4.79 Å². The fraction of sp³-hybridized carbons (Fsp3) is 0.667. The maximum atomic E-state index is 12.2. The summed E-state index contributed by atoms with van der Waals surface area (Å²) in [4.78, 5) is 19.8. The van der Waals surface area contributed by atoms with Crippen LogP contribution in [-0.4, -0.2) is 24.8 Å². The van der Waals surface area contributed by atoms with Crippen LogP contribution in [0.4, 0.5) is 5.69 Å². The molecular weight excluding hydrogens is 420 g/mol. The lowest BCUT2D eigenvalue weighted by Crippen LogP contribution is -2.25. The molecule has 1 aromatic rings. The molecule has 0 spiro atoms. The fourth-order valence-corrected chi connectivity index (χ4v) is 4.43. The SMILES string of the molecule is CCCCCCCCN(CCCCCCCC)c1ccc(C=C2C(=O)ON=C2C(C)(C)C)cc1. The minimum absolute atomic E-state index is 0.233. The number of anilines is 1. The Balaban J connectivity index is 2.01. The topological polar surface area (TPSA) is 41.9 Å². The molecule has 0 saturated carbocycles. The standard InChI is InChI=1S/C30H48N2O2/c1-6-8-10-12-14-16-22-32(23-17-15-13-11-9-7-2)26-20-18-25(19-21-26)24-27-28(30(3,4)5)31-34-29(27)33/h18-21,24H,6-17,22-23H2,1-5H3. The predicted octanol–water partition coefficient (Wildman–Crippen LogP) is 8.56. The van der Waals surface area contributed by atoms with Crippen LogP contribution in [0.15, 0.2) is 35.0 Å². The Bertz CT molecular complexity index is 771. The normalized spacial score (nSPS) is 15.0. The van der Waals surface area contributed by atoms with Crippen molar-refractivity contribution in [1.29, 1.82) is 0 Å². The Morgan fingerprint density at radius 1 is 0.794 bits per heavy atom. The van der Waals surface area contributed by atoms with E-state index in [0.717, 1.165) is 18.7 Å². The summed E-state index contributed by atoms with van der Waals surface area (Å²) in [5.41, 5.74) is 3.34. The van der Waals surface area contributed by atoms with Crippen molar-refractivity contribution in [3.63, 3.8) is 0 Å². The van der Waals surface area contributed by atoms with Gasteiger partial charge in [-0.05, 0) is 36.6 Å². The van der Waals surface area contributed by atoms with Gasteiger partial charge in [-0.15, -0.1) is 0 Å². The molecular formula is C30H48N2O2. The van der Waals surface area contributed by atoms with Gasteiger partial charge in [-0.1, -0.05) is 116 Å². The first-order valence-electron chi connectivity index (χ1n) is 13.7. The second-order valence-electron chi connectivity index (χ2n) is 10.7. The Morgan fingerprint density at radius 2 is 1.29 bits per heavy atom. The Hall–Kier alpha value is -2.10. The van der Waals surface area contributed by atoms with E-state index in [0.29, 0.717) is 11.3 Å². The summed E-state index contributed by atoms with van der Waals surface area (Å²) in [6.07, 6.45) is 17.8. The van der Waals surface area contributed by atoms with Crippen LogP contribution in [0.1, 0.15) is 117 Å². The van der Waals surface area contributed by atoms with Gasteiger partial charge in [0.25, 0.3) is 0 Å². The molecule has 34 heavy (non-hydrogen) atoms. The van der Waals surface area contributed by atoms with Crippen molar-refractivity contribution >= 4 is 23.4 Å². The number of hydrogen-bond acceptors (Lipinski definition) is 4. The Labute approximate surface area is 208 Å². The Kier molecular flexibility index (Phi) is 12.4. The van der Waals surface area contributed by atoms with Gasteiger partial charge >= 0.3 is 5.97 Å². The first kappa shape index (κ1) is 28.1. The molecule has 4 nitrogen and oxygen atoms in total. The molecule has 0 aromatic heterocycles. The maximum absolute atomic E-state index is 12.2. The van der Waals surface area contributed by atoms with Crippen molar-refractivity contribution in [2.24, 2.45) is 10.6 Å². The molecule has 0 fully saturated rings. The average molecular weight is 469 g/mol. The van der Waals surface area contributed by atoms with Crippen LogP contribution in [0, 0.1) is 5.41 Å². The fourth-order valence-electron chi connectivity index (χ4n) is 4.43. The zero-order chi connectivity index (χ0) is 24.8. The van der Waals surface area contributed by atoms with Crippen LogP contribution in [-0.2, 0) is 9.63 Å².